The first-order valence-corrected chi connectivity index (χ1v) is 14.8. The monoisotopic (exact) mass is 544 g/mol. The molecule has 0 spiro atoms. The lowest BCUT2D eigenvalue weighted by Crippen LogP contribution is -2.17. The van der Waals surface area contributed by atoms with E-state index >= 15 is 0 Å². The Morgan fingerprint density at radius 2 is 1.19 bits per heavy atom. The summed E-state index contributed by atoms with van der Waals surface area (Å²) in [7, 11) is 0. The van der Waals surface area contributed by atoms with Crippen molar-refractivity contribution < 1.29 is 0 Å². The zero-order valence-electron chi connectivity index (χ0n) is 25.3. The normalized spacial score (nSPS) is 13.2. The molecule has 0 saturated heterocycles. The van der Waals surface area contributed by atoms with Crippen LogP contribution in [0.25, 0.3) is 33.2 Å². The zero-order valence-corrected chi connectivity index (χ0v) is 25.3. The Labute approximate surface area is 249 Å². The minimum atomic E-state index is -0.162. The van der Waals surface area contributed by atoms with Crippen LogP contribution >= 0.6 is 0 Å². The van der Waals surface area contributed by atoms with Gasteiger partial charge in [0.15, 0.2) is 0 Å². The van der Waals surface area contributed by atoms with Crippen molar-refractivity contribution in [2.45, 2.75) is 47.0 Å². The summed E-state index contributed by atoms with van der Waals surface area (Å²) in [4.78, 5) is 7.31. The van der Waals surface area contributed by atoms with Gasteiger partial charge < -0.3 is 4.90 Å². The second-order valence-electron chi connectivity index (χ2n) is 12.4. The van der Waals surface area contributed by atoms with Crippen LogP contribution in [0.2, 0.25) is 0 Å². The van der Waals surface area contributed by atoms with E-state index in [4.69, 9.17) is 4.98 Å². The molecule has 0 saturated carbocycles. The van der Waals surface area contributed by atoms with Crippen molar-refractivity contribution in [1.29, 1.82) is 0 Å². The summed E-state index contributed by atoms with van der Waals surface area (Å²) in [5.74, 6) is 0. The van der Waals surface area contributed by atoms with Gasteiger partial charge in [-0.3, -0.25) is 4.98 Å². The van der Waals surface area contributed by atoms with E-state index in [0.29, 0.717) is 0 Å². The molecule has 1 heterocycles. The number of nitrogens with zero attached hydrogens (tertiary/aromatic N) is 2. The van der Waals surface area contributed by atoms with Crippen LogP contribution in [0.5, 0.6) is 0 Å². The first-order valence-electron chi connectivity index (χ1n) is 14.8. The Bertz CT molecular complexity index is 1960. The molecule has 1 aliphatic rings. The molecule has 0 unspecified atom stereocenters. The molecule has 42 heavy (non-hydrogen) atoms. The van der Waals surface area contributed by atoms with Crippen LogP contribution in [0, 0.1) is 27.7 Å². The molecule has 0 aliphatic heterocycles. The maximum atomic E-state index is 4.89. The Hall–Kier alpha value is -4.69. The van der Waals surface area contributed by atoms with Crippen LogP contribution in [0.4, 0.5) is 17.1 Å². The molecular formula is C40H36N2. The largest absolute Gasteiger partial charge is 0.310 e. The first kappa shape index (κ1) is 26.2. The average Bonchev–Trinajstić information content (AvgIpc) is 3.17. The third kappa shape index (κ3) is 4.13. The van der Waals surface area contributed by atoms with Gasteiger partial charge in [-0.2, -0.15) is 0 Å². The molecule has 0 amide bonds. The highest BCUT2D eigenvalue weighted by Gasteiger charge is 2.37. The van der Waals surface area contributed by atoms with E-state index in [0.717, 1.165) is 5.69 Å². The molecule has 2 nitrogen and oxygen atoms in total. The van der Waals surface area contributed by atoms with Gasteiger partial charge in [-0.15, -0.1) is 0 Å². The van der Waals surface area contributed by atoms with E-state index in [2.05, 4.69) is 150 Å². The van der Waals surface area contributed by atoms with Gasteiger partial charge >= 0.3 is 0 Å². The minimum Gasteiger partial charge on any atom is -0.310 e. The summed E-state index contributed by atoms with van der Waals surface area (Å²) in [6, 6.07) is 37.9. The number of benzene rings is 5. The predicted molar refractivity (Wildman–Crippen MR) is 178 cm³/mol. The molecule has 1 aromatic heterocycles. The predicted octanol–water partition coefficient (Wildman–Crippen LogP) is 10.9. The van der Waals surface area contributed by atoms with Gasteiger partial charge in [0.05, 0.1) is 5.69 Å². The molecular weight excluding hydrogens is 508 g/mol. The van der Waals surface area contributed by atoms with Crippen molar-refractivity contribution in [3.8, 4) is 22.4 Å². The summed E-state index contributed by atoms with van der Waals surface area (Å²) in [5, 5.41) is 2.42. The van der Waals surface area contributed by atoms with Crippen molar-refractivity contribution in [2.24, 2.45) is 0 Å². The van der Waals surface area contributed by atoms with Crippen molar-refractivity contribution >= 4 is 27.8 Å². The number of hydrogen-bond donors (Lipinski definition) is 0. The number of aromatic nitrogens is 1. The first-order chi connectivity index (χ1) is 20.2. The summed E-state index contributed by atoms with van der Waals surface area (Å²) in [6.45, 7) is 13.5. The molecule has 206 valence electrons. The van der Waals surface area contributed by atoms with Crippen molar-refractivity contribution in [2.75, 3.05) is 4.90 Å². The molecule has 7 rings (SSSR count). The van der Waals surface area contributed by atoms with Crippen LogP contribution in [-0.4, -0.2) is 4.98 Å². The summed E-state index contributed by atoms with van der Waals surface area (Å²) < 4.78 is 0. The van der Waals surface area contributed by atoms with Crippen LogP contribution in [0.15, 0.2) is 109 Å². The van der Waals surface area contributed by atoms with Crippen LogP contribution in [0.1, 0.15) is 47.2 Å². The Kier molecular flexibility index (Phi) is 6.06. The lowest BCUT2D eigenvalue weighted by atomic mass is 9.80. The summed E-state index contributed by atoms with van der Waals surface area (Å²) >= 11 is 0. The van der Waals surface area contributed by atoms with Crippen molar-refractivity contribution in [3.05, 3.63) is 143 Å². The SMILES string of the molecule is Cc1cccc(N(c2cccc(C)c2)c2cc3c(cc2C)-c2cc(C)c(-c4nccc5ccccc45)cc2C3(C)C)c1. The lowest BCUT2D eigenvalue weighted by molar-refractivity contribution is 0.660. The van der Waals surface area contributed by atoms with E-state index in [9.17, 15) is 0 Å². The minimum absolute atomic E-state index is 0.162. The average molecular weight is 545 g/mol. The molecule has 0 fully saturated rings. The van der Waals surface area contributed by atoms with Gasteiger partial charge in [-0.1, -0.05) is 68.4 Å². The smallest absolute Gasteiger partial charge is 0.0783 e. The van der Waals surface area contributed by atoms with Gasteiger partial charge in [0.2, 0.25) is 0 Å². The summed E-state index contributed by atoms with van der Waals surface area (Å²) in [6.07, 6.45) is 1.94. The molecule has 0 bridgehead atoms. The summed E-state index contributed by atoms with van der Waals surface area (Å²) in [5.41, 5.74) is 16.1. The molecule has 5 aromatic carbocycles. The molecule has 0 atom stereocenters. The number of pyridine rings is 1. The third-order valence-electron chi connectivity index (χ3n) is 9.03. The topological polar surface area (TPSA) is 16.1 Å². The quantitative estimate of drug-likeness (QED) is 0.219. The van der Waals surface area contributed by atoms with Gasteiger partial charge in [0.25, 0.3) is 0 Å². The van der Waals surface area contributed by atoms with Gasteiger partial charge in [-0.05, 0) is 126 Å². The van der Waals surface area contributed by atoms with E-state index in [1.165, 1.54) is 77.9 Å². The van der Waals surface area contributed by atoms with Crippen LogP contribution < -0.4 is 4.90 Å². The van der Waals surface area contributed by atoms with Crippen LogP contribution in [-0.2, 0) is 5.41 Å². The molecule has 0 N–H and O–H groups in total. The third-order valence-corrected chi connectivity index (χ3v) is 9.03. The lowest BCUT2D eigenvalue weighted by Gasteiger charge is -2.30. The second-order valence-corrected chi connectivity index (χ2v) is 12.4. The van der Waals surface area contributed by atoms with Gasteiger partial charge in [0, 0.05) is 39.6 Å². The van der Waals surface area contributed by atoms with E-state index in [-0.39, 0.29) is 5.41 Å². The Morgan fingerprint density at radius 1 is 0.571 bits per heavy atom. The van der Waals surface area contributed by atoms with Crippen molar-refractivity contribution in [1.82, 2.24) is 4.98 Å². The fourth-order valence-corrected chi connectivity index (χ4v) is 6.82. The zero-order chi connectivity index (χ0) is 29.2. The van der Waals surface area contributed by atoms with E-state index in [1.54, 1.807) is 0 Å². The highest BCUT2D eigenvalue weighted by atomic mass is 15.1. The second kappa shape index (κ2) is 9.70. The molecule has 6 aromatic rings. The van der Waals surface area contributed by atoms with Crippen molar-refractivity contribution in [3.63, 3.8) is 0 Å². The molecule has 0 radical (unpaired) electrons. The number of hydrogen-bond acceptors (Lipinski definition) is 2. The Morgan fingerprint density at radius 3 is 1.86 bits per heavy atom. The van der Waals surface area contributed by atoms with Gasteiger partial charge in [-0.25, -0.2) is 0 Å². The van der Waals surface area contributed by atoms with Crippen LogP contribution in [0.3, 0.4) is 0 Å². The standard InChI is InChI=1S/C40H36N2/c1-25-11-9-14-30(19-25)42(31-15-10-12-26(2)20-31)38-24-37-35(22-28(38)4)34-21-27(3)33(23-36(34)40(37,5)6)39-32-16-8-7-13-29(32)17-18-41-39/h7-24H,1-6H3. The fourth-order valence-electron chi connectivity index (χ4n) is 6.82. The van der Waals surface area contributed by atoms with Gasteiger partial charge in [0.1, 0.15) is 0 Å². The maximum Gasteiger partial charge on any atom is 0.0783 e. The number of fused-ring (bicyclic) bond motifs is 4. The fraction of sp³-hybridized carbons (Fsp3) is 0.175. The number of rotatable bonds is 4. The Balaban J connectivity index is 1.42. The number of aryl methyl sites for hydroxylation is 4. The van der Waals surface area contributed by atoms with E-state index < -0.39 is 0 Å². The van der Waals surface area contributed by atoms with E-state index in [1.807, 2.05) is 6.20 Å². The molecule has 2 heteroatoms. The maximum absolute atomic E-state index is 4.89. The highest BCUT2D eigenvalue weighted by molar-refractivity contribution is 5.97. The molecule has 1 aliphatic carbocycles. The highest BCUT2D eigenvalue weighted by Crippen LogP contribution is 2.53. The number of anilines is 3.